The van der Waals surface area contributed by atoms with Crippen molar-refractivity contribution in [2.45, 2.75) is 39.6 Å². The van der Waals surface area contributed by atoms with E-state index in [0.717, 1.165) is 11.0 Å². The molecule has 1 atom stereocenters. The molecule has 10 heteroatoms. The van der Waals surface area contributed by atoms with Gasteiger partial charge in [-0.2, -0.15) is 13.2 Å². The summed E-state index contributed by atoms with van der Waals surface area (Å²) in [7, 11) is -5.50. The van der Waals surface area contributed by atoms with Gasteiger partial charge in [-0.25, -0.2) is 8.42 Å². The molecule has 4 nitrogen and oxygen atoms in total. The third-order valence-electron chi connectivity index (χ3n) is 3.73. The Kier molecular flexibility index (Phi) is 7.49. The van der Waals surface area contributed by atoms with Gasteiger partial charge in [0.15, 0.2) is 0 Å². The topological polar surface area (TPSA) is 72.2 Å². The molecular weight excluding hydrogens is 417 g/mol. The third-order valence-corrected chi connectivity index (χ3v) is 6.96. The predicted molar refractivity (Wildman–Crippen MR) is 105 cm³/mol. The number of thioether (sulfide) groups is 1. The van der Waals surface area contributed by atoms with Crippen LogP contribution >= 0.6 is 23.7 Å². The van der Waals surface area contributed by atoms with Gasteiger partial charge in [-0.05, 0) is 48.7 Å². The second kappa shape index (κ2) is 9.22. The van der Waals surface area contributed by atoms with E-state index in [0.29, 0.717) is 24.1 Å². The molecule has 1 unspecified atom stereocenters. The van der Waals surface area contributed by atoms with Crippen LogP contribution in [0.15, 0.2) is 63.2 Å². The van der Waals surface area contributed by atoms with Crippen LogP contribution < -0.4 is 10.5 Å². The summed E-state index contributed by atoms with van der Waals surface area (Å²) >= 11 is 2.23. The van der Waals surface area contributed by atoms with Crippen LogP contribution in [-0.2, 0) is 9.84 Å². The van der Waals surface area contributed by atoms with Gasteiger partial charge in [-0.3, -0.25) is 5.14 Å². The number of alkyl halides is 3. The number of nitrogens with one attached hydrogen (secondary N) is 1. The fraction of sp³-hybridized carbons (Fsp3) is 0.294. The molecular formula is C17H19F3N2O2S3. The monoisotopic (exact) mass is 436 g/mol. The average Bonchev–Trinajstić information content (AvgIpc) is 2.65. The van der Waals surface area contributed by atoms with Gasteiger partial charge in [-0.15, -0.1) is 11.8 Å². The highest BCUT2D eigenvalue weighted by molar-refractivity contribution is 7.99. The normalized spacial score (nSPS) is 13.4. The second-order valence-electron chi connectivity index (χ2n) is 5.60. The van der Waals surface area contributed by atoms with Crippen LogP contribution in [-0.4, -0.2) is 25.7 Å². The molecule has 148 valence electrons. The van der Waals surface area contributed by atoms with E-state index in [1.165, 1.54) is 12.1 Å². The van der Waals surface area contributed by atoms with Crippen molar-refractivity contribution >= 4 is 39.2 Å². The van der Waals surface area contributed by atoms with Crippen molar-refractivity contribution in [1.82, 2.24) is 0 Å². The van der Waals surface area contributed by atoms with Gasteiger partial charge in [0.1, 0.15) is 4.90 Å². The SMILES string of the molecule is CCC(CSc1ccccc1)Nc1ccc(SN)cc1S(=O)(=O)C(F)(F)F. The Bertz CT molecular complexity index is 859. The van der Waals surface area contributed by atoms with Crippen LogP contribution in [0, 0.1) is 0 Å². The smallest absolute Gasteiger partial charge is 0.380 e. The van der Waals surface area contributed by atoms with Crippen LogP contribution in [0.3, 0.4) is 0 Å². The van der Waals surface area contributed by atoms with Crippen molar-refractivity contribution in [2.24, 2.45) is 5.14 Å². The molecule has 2 rings (SSSR count). The van der Waals surface area contributed by atoms with E-state index in [4.69, 9.17) is 5.14 Å². The Morgan fingerprint density at radius 3 is 2.33 bits per heavy atom. The number of nitrogens with two attached hydrogens (primary N) is 1. The van der Waals surface area contributed by atoms with E-state index in [1.807, 2.05) is 37.3 Å². The number of halogens is 3. The third kappa shape index (κ3) is 5.56. The molecule has 0 aliphatic heterocycles. The summed E-state index contributed by atoms with van der Waals surface area (Å²) < 4.78 is 63.1. The number of hydrogen-bond acceptors (Lipinski definition) is 6. The molecule has 0 aliphatic carbocycles. The zero-order valence-corrected chi connectivity index (χ0v) is 16.8. The van der Waals surface area contributed by atoms with E-state index in [9.17, 15) is 21.6 Å². The van der Waals surface area contributed by atoms with Gasteiger partial charge in [0, 0.05) is 21.6 Å². The van der Waals surface area contributed by atoms with Crippen LogP contribution in [0.4, 0.5) is 18.9 Å². The lowest BCUT2D eigenvalue weighted by Gasteiger charge is -2.21. The minimum Gasteiger partial charge on any atom is -0.380 e. The van der Waals surface area contributed by atoms with Gasteiger partial charge in [0.05, 0.1) is 5.69 Å². The van der Waals surface area contributed by atoms with Crippen molar-refractivity contribution in [3.63, 3.8) is 0 Å². The van der Waals surface area contributed by atoms with E-state index < -0.39 is 20.2 Å². The van der Waals surface area contributed by atoms with Crippen molar-refractivity contribution in [1.29, 1.82) is 0 Å². The van der Waals surface area contributed by atoms with Crippen molar-refractivity contribution in [3.05, 3.63) is 48.5 Å². The zero-order valence-electron chi connectivity index (χ0n) is 14.4. The Morgan fingerprint density at radius 1 is 1.11 bits per heavy atom. The number of benzene rings is 2. The molecule has 0 saturated carbocycles. The van der Waals surface area contributed by atoms with Gasteiger partial charge >= 0.3 is 5.51 Å². The Labute approximate surface area is 165 Å². The molecule has 0 aromatic heterocycles. The maximum absolute atomic E-state index is 13.1. The van der Waals surface area contributed by atoms with E-state index in [1.54, 1.807) is 11.8 Å². The standard InChI is InChI=1S/C17H19F3N2O2S3/c1-2-12(11-25-13-6-4-3-5-7-13)22-15-9-8-14(26-21)10-16(15)27(23,24)17(18,19)20/h3-10,12,22H,2,11,21H2,1H3. The predicted octanol–water partition coefficient (Wildman–Crippen LogP) is 4.93. The highest BCUT2D eigenvalue weighted by Crippen LogP contribution is 2.36. The average molecular weight is 437 g/mol. The molecule has 0 amide bonds. The lowest BCUT2D eigenvalue weighted by atomic mass is 10.2. The lowest BCUT2D eigenvalue weighted by Crippen LogP contribution is -2.27. The minimum atomic E-state index is -5.50. The van der Waals surface area contributed by atoms with E-state index in [-0.39, 0.29) is 16.6 Å². The maximum atomic E-state index is 13.1. The fourth-order valence-electron chi connectivity index (χ4n) is 2.24. The molecule has 0 spiro atoms. The van der Waals surface area contributed by atoms with Crippen LogP contribution in [0.5, 0.6) is 0 Å². The molecule has 27 heavy (non-hydrogen) atoms. The minimum absolute atomic E-state index is 0.0781. The maximum Gasteiger partial charge on any atom is 0.501 e. The molecule has 0 aliphatic rings. The second-order valence-corrected chi connectivity index (χ2v) is 9.31. The summed E-state index contributed by atoms with van der Waals surface area (Å²) in [4.78, 5) is 0.444. The van der Waals surface area contributed by atoms with Gasteiger partial charge in [0.25, 0.3) is 9.84 Å². The lowest BCUT2D eigenvalue weighted by molar-refractivity contribution is -0.0435. The number of anilines is 1. The zero-order chi connectivity index (χ0) is 20.1. The first-order valence-electron chi connectivity index (χ1n) is 7.95. The van der Waals surface area contributed by atoms with E-state index in [2.05, 4.69) is 5.32 Å². The fourth-order valence-corrected chi connectivity index (χ4v) is 4.65. The quantitative estimate of drug-likeness (QED) is 0.452. The molecule has 0 fully saturated rings. The first-order chi connectivity index (χ1) is 12.7. The Hall–Kier alpha value is -1.36. The molecule has 2 aromatic rings. The molecule has 0 bridgehead atoms. The molecule has 0 radical (unpaired) electrons. The Morgan fingerprint density at radius 2 is 1.78 bits per heavy atom. The molecule has 2 aromatic carbocycles. The number of sulfone groups is 1. The van der Waals surface area contributed by atoms with E-state index >= 15 is 0 Å². The summed E-state index contributed by atoms with van der Waals surface area (Å²) in [6, 6.07) is 13.1. The summed E-state index contributed by atoms with van der Waals surface area (Å²) in [5, 5.41) is 8.32. The molecule has 0 saturated heterocycles. The van der Waals surface area contributed by atoms with Crippen LogP contribution in [0.25, 0.3) is 0 Å². The van der Waals surface area contributed by atoms with Gasteiger partial charge < -0.3 is 5.32 Å². The highest BCUT2D eigenvalue weighted by Gasteiger charge is 2.48. The van der Waals surface area contributed by atoms with Gasteiger partial charge in [0.2, 0.25) is 0 Å². The van der Waals surface area contributed by atoms with Crippen molar-refractivity contribution < 1.29 is 21.6 Å². The molecule has 3 N–H and O–H groups in total. The number of rotatable bonds is 8. The largest absolute Gasteiger partial charge is 0.501 e. The summed E-state index contributed by atoms with van der Waals surface area (Å²) in [5.41, 5.74) is -5.47. The summed E-state index contributed by atoms with van der Waals surface area (Å²) in [5.74, 6) is 0.569. The van der Waals surface area contributed by atoms with Crippen molar-refractivity contribution in [2.75, 3.05) is 11.1 Å². The first kappa shape index (κ1) is 21.9. The summed E-state index contributed by atoms with van der Waals surface area (Å²) in [6.45, 7) is 1.88. The summed E-state index contributed by atoms with van der Waals surface area (Å²) in [6.07, 6.45) is 0.610. The van der Waals surface area contributed by atoms with Crippen LogP contribution in [0.1, 0.15) is 13.3 Å². The Balaban J connectivity index is 2.28. The molecule has 0 heterocycles. The highest BCUT2D eigenvalue weighted by atomic mass is 32.2. The van der Waals surface area contributed by atoms with Crippen LogP contribution in [0.2, 0.25) is 0 Å². The van der Waals surface area contributed by atoms with Crippen molar-refractivity contribution in [3.8, 4) is 0 Å². The first-order valence-corrected chi connectivity index (χ1v) is 11.3. The van der Waals surface area contributed by atoms with Gasteiger partial charge in [-0.1, -0.05) is 25.1 Å². The number of hydrogen-bond donors (Lipinski definition) is 2.